The summed E-state index contributed by atoms with van der Waals surface area (Å²) < 4.78 is 5.47. The Morgan fingerprint density at radius 2 is 1.71 bits per heavy atom. The molecule has 1 saturated carbocycles. The number of rotatable bonds is 2. The highest BCUT2D eigenvalue weighted by Crippen LogP contribution is 2.63. The van der Waals surface area contributed by atoms with Gasteiger partial charge in [0.25, 0.3) is 0 Å². The average molecular weight is 239 g/mol. The first-order valence-corrected chi connectivity index (χ1v) is 6.89. The summed E-state index contributed by atoms with van der Waals surface area (Å²) >= 11 is 0. The van der Waals surface area contributed by atoms with Crippen molar-refractivity contribution in [2.75, 3.05) is 13.7 Å². The van der Waals surface area contributed by atoms with Crippen molar-refractivity contribution in [2.45, 2.75) is 72.0 Å². The number of fused-ring (bicyclic) bond motifs is 1. The fourth-order valence-electron chi connectivity index (χ4n) is 3.80. The van der Waals surface area contributed by atoms with E-state index in [4.69, 9.17) is 4.74 Å². The van der Waals surface area contributed by atoms with Crippen molar-refractivity contribution in [2.24, 2.45) is 10.8 Å². The Morgan fingerprint density at radius 1 is 1.12 bits per heavy atom. The van der Waals surface area contributed by atoms with Gasteiger partial charge in [-0.1, -0.05) is 20.8 Å². The second kappa shape index (κ2) is 3.71. The molecule has 3 atom stereocenters. The van der Waals surface area contributed by atoms with Crippen LogP contribution in [0, 0.1) is 10.8 Å². The van der Waals surface area contributed by atoms with Crippen molar-refractivity contribution < 1.29 is 4.74 Å². The van der Waals surface area contributed by atoms with Gasteiger partial charge in [0.1, 0.15) is 0 Å². The Hall–Kier alpha value is -0.0800. The minimum atomic E-state index is 0.272. The molecule has 1 aliphatic heterocycles. The van der Waals surface area contributed by atoms with E-state index in [9.17, 15) is 0 Å². The number of likely N-dealkylation sites (tertiary alicyclic amines) is 1. The van der Waals surface area contributed by atoms with Crippen LogP contribution >= 0.6 is 0 Å². The zero-order valence-electron chi connectivity index (χ0n) is 12.6. The lowest BCUT2D eigenvalue weighted by atomic mass is 9.80. The van der Waals surface area contributed by atoms with Gasteiger partial charge in [-0.3, -0.25) is 4.90 Å². The van der Waals surface area contributed by atoms with E-state index in [1.54, 1.807) is 0 Å². The van der Waals surface area contributed by atoms with E-state index in [1.165, 1.54) is 12.8 Å². The second-order valence-electron chi connectivity index (χ2n) is 8.18. The van der Waals surface area contributed by atoms with Crippen molar-refractivity contribution in [3.8, 4) is 0 Å². The van der Waals surface area contributed by atoms with Gasteiger partial charge in [-0.05, 0) is 39.0 Å². The zero-order valence-corrected chi connectivity index (χ0v) is 12.6. The molecule has 0 aromatic carbocycles. The summed E-state index contributed by atoms with van der Waals surface area (Å²) in [5.41, 5.74) is 1.11. The van der Waals surface area contributed by atoms with Gasteiger partial charge in [-0.25, -0.2) is 0 Å². The fourth-order valence-corrected chi connectivity index (χ4v) is 3.80. The summed E-state index contributed by atoms with van der Waals surface area (Å²) in [4.78, 5) is 2.77. The number of piperidine rings is 1. The lowest BCUT2D eigenvalue weighted by Crippen LogP contribution is -2.51. The molecular weight excluding hydrogens is 210 g/mol. The topological polar surface area (TPSA) is 12.5 Å². The second-order valence-corrected chi connectivity index (χ2v) is 8.18. The third-order valence-corrected chi connectivity index (χ3v) is 4.62. The maximum Gasteiger partial charge on any atom is 0.0534 e. The van der Waals surface area contributed by atoms with Crippen LogP contribution in [0.5, 0.6) is 0 Å². The van der Waals surface area contributed by atoms with Crippen LogP contribution < -0.4 is 0 Å². The third-order valence-electron chi connectivity index (χ3n) is 4.62. The minimum Gasteiger partial charge on any atom is -0.384 e. The van der Waals surface area contributed by atoms with Gasteiger partial charge in [-0.15, -0.1) is 0 Å². The van der Waals surface area contributed by atoms with Crippen LogP contribution in [0.15, 0.2) is 0 Å². The zero-order chi connectivity index (χ0) is 13.1. The predicted octanol–water partition coefficient (Wildman–Crippen LogP) is 3.31. The van der Waals surface area contributed by atoms with Crippen molar-refractivity contribution >= 4 is 0 Å². The molecule has 0 aromatic rings. The van der Waals surface area contributed by atoms with Crippen LogP contribution in [0.25, 0.3) is 0 Å². The van der Waals surface area contributed by atoms with Crippen LogP contribution in [-0.2, 0) is 4.74 Å². The molecule has 0 N–H and O–H groups in total. The van der Waals surface area contributed by atoms with Crippen LogP contribution in [-0.4, -0.2) is 36.2 Å². The van der Waals surface area contributed by atoms with Gasteiger partial charge in [0.15, 0.2) is 0 Å². The van der Waals surface area contributed by atoms with Crippen LogP contribution in [0.4, 0.5) is 0 Å². The molecule has 0 bridgehead atoms. The van der Waals surface area contributed by atoms with E-state index in [-0.39, 0.29) is 5.54 Å². The summed E-state index contributed by atoms with van der Waals surface area (Å²) in [6.45, 7) is 15.1. The highest BCUT2D eigenvalue weighted by molar-refractivity contribution is 5.20. The molecule has 0 radical (unpaired) electrons. The molecule has 0 spiro atoms. The maximum atomic E-state index is 5.47. The molecule has 1 unspecified atom stereocenters. The van der Waals surface area contributed by atoms with E-state index in [0.717, 1.165) is 12.6 Å². The number of hydrogen-bond acceptors (Lipinski definition) is 2. The van der Waals surface area contributed by atoms with E-state index in [2.05, 4.69) is 46.4 Å². The molecule has 17 heavy (non-hydrogen) atoms. The standard InChI is InChI=1S/C15H29NO/c1-13(2,3)11-8-15(10-17-7)9-12(15)16(11)14(4,5)6/h11-12H,8-10H2,1-7H3/t11?,12-,15+/m1/s1. The minimum absolute atomic E-state index is 0.272. The SMILES string of the molecule is COC[C@@]12CC(C(C)(C)C)N(C(C)(C)C)[C@@H]1C2. The Balaban J connectivity index is 2.24. The van der Waals surface area contributed by atoms with E-state index >= 15 is 0 Å². The maximum absolute atomic E-state index is 5.47. The largest absolute Gasteiger partial charge is 0.384 e. The number of hydrogen-bond donors (Lipinski definition) is 0. The molecule has 0 amide bonds. The van der Waals surface area contributed by atoms with Crippen LogP contribution in [0.1, 0.15) is 54.4 Å². The molecule has 2 heteroatoms. The van der Waals surface area contributed by atoms with Gasteiger partial charge >= 0.3 is 0 Å². The average Bonchev–Trinajstić information content (AvgIpc) is 2.67. The molecule has 2 nitrogen and oxygen atoms in total. The smallest absolute Gasteiger partial charge is 0.0534 e. The van der Waals surface area contributed by atoms with E-state index in [0.29, 0.717) is 16.9 Å². The predicted molar refractivity (Wildman–Crippen MR) is 72.2 cm³/mol. The summed E-state index contributed by atoms with van der Waals surface area (Å²) in [6.07, 6.45) is 2.65. The van der Waals surface area contributed by atoms with Crippen molar-refractivity contribution in [1.29, 1.82) is 0 Å². The Labute approximate surface area is 107 Å². The molecule has 1 saturated heterocycles. The Kier molecular flexibility index (Phi) is 2.91. The molecular formula is C15H29NO. The van der Waals surface area contributed by atoms with E-state index in [1.807, 2.05) is 7.11 Å². The normalized spacial score (nSPS) is 38.3. The van der Waals surface area contributed by atoms with Crippen LogP contribution in [0.2, 0.25) is 0 Å². The van der Waals surface area contributed by atoms with Crippen molar-refractivity contribution in [3.05, 3.63) is 0 Å². The molecule has 0 aromatic heterocycles. The van der Waals surface area contributed by atoms with Gasteiger partial charge in [-0.2, -0.15) is 0 Å². The van der Waals surface area contributed by atoms with Gasteiger partial charge < -0.3 is 4.74 Å². The molecule has 2 rings (SSSR count). The monoisotopic (exact) mass is 239 g/mol. The number of ether oxygens (including phenoxy) is 1. The lowest BCUT2D eigenvalue weighted by Gasteiger charge is -2.45. The van der Waals surface area contributed by atoms with Crippen LogP contribution in [0.3, 0.4) is 0 Å². The fraction of sp³-hybridized carbons (Fsp3) is 1.00. The Bertz CT molecular complexity index is 299. The van der Waals surface area contributed by atoms with Gasteiger partial charge in [0, 0.05) is 30.1 Å². The first-order chi connectivity index (χ1) is 7.62. The number of nitrogens with zero attached hydrogens (tertiary/aromatic N) is 1. The third kappa shape index (κ3) is 2.15. The Morgan fingerprint density at radius 3 is 2.06 bits per heavy atom. The summed E-state index contributed by atoms with van der Waals surface area (Å²) in [6, 6.07) is 1.45. The molecule has 100 valence electrons. The molecule has 2 fully saturated rings. The molecule has 1 aliphatic carbocycles. The van der Waals surface area contributed by atoms with Gasteiger partial charge in [0.05, 0.1) is 6.61 Å². The van der Waals surface area contributed by atoms with Gasteiger partial charge in [0.2, 0.25) is 0 Å². The first kappa shape index (κ1) is 13.4. The highest BCUT2D eigenvalue weighted by Gasteiger charge is 2.67. The van der Waals surface area contributed by atoms with Crippen molar-refractivity contribution in [3.63, 3.8) is 0 Å². The molecule has 2 aliphatic rings. The highest BCUT2D eigenvalue weighted by atomic mass is 16.5. The number of methoxy groups -OCH3 is 1. The van der Waals surface area contributed by atoms with E-state index < -0.39 is 0 Å². The molecule has 1 heterocycles. The summed E-state index contributed by atoms with van der Waals surface area (Å²) in [5, 5.41) is 0. The quantitative estimate of drug-likeness (QED) is 0.733. The summed E-state index contributed by atoms with van der Waals surface area (Å²) in [7, 11) is 1.84. The lowest BCUT2D eigenvalue weighted by molar-refractivity contribution is 0.0361. The summed E-state index contributed by atoms with van der Waals surface area (Å²) in [5.74, 6) is 0. The van der Waals surface area contributed by atoms with Crippen molar-refractivity contribution in [1.82, 2.24) is 4.90 Å². The first-order valence-electron chi connectivity index (χ1n) is 6.89.